The maximum Gasteiger partial charge on any atom is 0.244 e. The van der Waals surface area contributed by atoms with Gasteiger partial charge in [-0.05, 0) is 13.0 Å². The smallest absolute Gasteiger partial charge is 0.244 e. The summed E-state index contributed by atoms with van der Waals surface area (Å²) in [6.45, 7) is 10.4. The molecule has 0 bridgehead atoms. The molecule has 0 rings (SSSR count). The Morgan fingerprint density at radius 3 is 2.29 bits per heavy atom. The van der Waals surface area contributed by atoms with Crippen LogP contribution >= 0.6 is 0 Å². The molecule has 4 heteroatoms. The summed E-state index contributed by atoms with van der Waals surface area (Å²) in [5, 5.41) is 2.64. The van der Waals surface area contributed by atoms with Crippen molar-refractivity contribution in [1.29, 1.82) is 0 Å². The molecule has 0 heterocycles. The first-order chi connectivity index (χ1) is 6.40. The van der Waals surface area contributed by atoms with Crippen molar-refractivity contribution < 1.29 is 9.59 Å². The lowest BCUT2D eigenvalue weighted by atomic mass is 9.95. The Labute approximate surface area is 83.9 Å². The predicted molar refractivity (Wildman–Crippen MR) is 55.3 cm³/mol. The quantitative estimate of drug-likeness (QED) is 0.623. The van der Waals surface area contributed by atoms with Crippen LogP contribution in [0.2, 0.25) is 0 Å². The third kappa shape index (κ3) is 3.43. The molecule has 0 aromatic heterocycles. The van der Waals surface area contributed by atoms with Crippen LogP contribution in [0.5, 0.6) is 0 Å². The number of hydrogen-bond donors (Lipinski definition) is 2. The van der Waals surface area contributed by atoms with Gasteiger partial charge in [0, 0.05) is 17.5 Å². The molecule has 0 spiro atoms. The van der Waals surface area contributed by atoms with Gasteiger partial charge in [-0.1, -0.05) is 20.1 Å². The zero-order valence-electron chi connectivity index (χ0n) is 8.54. The highest BCUT2D eigenvalue weighted by Gasteiger charge is 2.19. The van der Waals surface area contributed by atoms with Gasteiger partial charge in [0.25, 0.3) is 0 Å². The van der Waals surface area contributed by atoms with Gasteiger partial charge in [0.05, 0.1) is 0 Å². The van der Waals surface area contributed by atoms with E-state index in [1.54, 1.807) is 13.8 Å². The highest BCUT2D eigenvalue weighted by molar-refractivity contribution is 5.92. The second-order valence-electron chi connectivity index (χ2n) is 3.18. The molecule has 0 saturated carbocycles. The number of primary amides is 1. The zero-order valence-corrected chi connectivity index (χ0v) is 8.54. The van der Waals surface area contributed by atoms with Crippen molar-refractivity contribution in [2.45, 2.75) is 19.9 Å². The Morgan fingerprint density at radius 1 is 1.43 bits per heavy atom. The lowest BCUT2D eigenvalue weighted by Crippen LogP contribution is -2.38. The fourth-order valence-electron chi connectivity index (χ4n) is 0.934. The summed E-state index contributed by atoms with van der Waals surface area (Å²) in [4.78, 5) is 21.7. The highest BCUT2D eigenvalue weighted by Crippen LogP contribution is 2.12. The molecule has 0 aliphatic rings. The molecule has 78 valence electrons. The van der Waals surface area contributed by atoms with Gasteiger partial charge in [0.15, 0.2) is 0 Å². The van der Waals surface area contributed by atoms with E-state index in [-0.39, 0.29) is 17.9 Å². The maximum absolute atomic E-state index is 10.9. The molecule has 2 unspecified atom stereocenters. The summed E-state index contributed by atoms with van der Waals surface area (Å²) in [7, 11) is 0. The Hall–Kier alpha value is -1.58. The van der Waals surface area contributed by atoms with Crippen molar-refractivity contribution in [3.63, 3.8) is 0 Å². The summed E-state index contributed by atoms with van der Waals surface area (Å²) in [5.74, 6) is -1.00. The van der Waals surface area contributed by atoms with E-state index in [4.69, 9.17) is 5.73 Å². The summed E-state index contributed by atoms with van der Waals surface area (Å²) >= 11 is 0. The van der Waals surface area contributed by atoms with Gasteiger partial charge < -0.3 is 11.1 Å². The van der Waals surface area contributed by atoms with E-state index in [9.17, 15) is 9.59 Å². The minimum atomic E-state index is -0.544. The number of rotatable bonds is 5. The molecule has 3 N–H and O–H groups in total. The first-order valence-electron chi connectivity index (χ1n) is 4.31. The highest BCUT2D eigenvalue weighted by atomic mass is 16.2. The predicted octanol–water partition coefficient (Wildman–Crippen LogP) is 0.355. The molecular weight excluding hydrogens is 180 g/mol. The number of carbonyl (C=O) groups is 2. The van der Waals surface area contributed by atoms with Crippen molar-refractivity contribution in [3.8, 4) is 0 Å². The Kier molecular flexibility index (Phi) is 4.63. The van der Waals surface area contributed by atoms with Crippen molar-refractivity contribution in [3.05, 3.63) is 24.8 Å². The van der Waals surface area contributed by atoms with E-state index in [1.165, 1.54) is 6.08 Å². The molecule has 0 aromatic rings. The first-order valence-corrected chi connectivity index (χ1v) is 4.31. The van der Waals surface area contributed by atoms with Gasteiger partial charge in [-0.15, -0.1) is 0 Å². The van der Waals surface area contributed by atoms with Crippen molar-refractivity contribution in [2.24, 2.45) is 11.7 Å². The van der Waals surface area contributed by atoms with Crippen LogP contribution in [0.4, 0.5) is 0 Å². The van der Waals surface area contributed by atoms with Gasteiger partial charge in [-0.25, -0.2) is 0 Å². The van der Waals surface area contributed by atoms with Gasteiger partial charge in [0.2, 0.25) is 11.8 Å². The van der Waals surface area contributed by atoms with Crippen LogP contribution in [0, 0.1) is 5.92 Å². The monoisotopic (exact) mass is 196 g/mol. The lowest BCUT2D eigenvalue weighted by molar-refractivity contribution is -0.118. The second-order valence-corrected chi connectivity index (χ2v) is 3.18. The Balaban J connectivity index is 4.31. The van der Waals surface area contributed by atoms with Gasteiger partial charge >= 0.3 is 0 Å². The second kappa shape index (κ2) is 5.21. The number of amides is 2. The minimum absolute atomic E-state index is 0.184. The average Bonchev–Trinajstić information content (AvgIpc) is 2.14. The largest absolute Gasteiger partial charge is 0.366 e. The van der Waals surface area contributed by atoms with E-state index in [0.717, 1.165) is 0 Å². The Bertz CT molecular complexity index is 271. The standard InChI is InChI=1S/C10H16N2O2/c1-5-9(13)12-8(4)6(2)7(3)10(11)14/h5-6,8H,1,3H2,2,4H3,(H2,11,14)(H,12,13). The summed E-state index contributed by atoms with van der Waals surface area (Å²) in [6, 6.07) is -0.194. The fourth-order valence-corrected chi connectivity index (χ4v) is 0.934. The van der Waals surface area contributed by atoms with Crippen molar-refractivity contribution >= 4 is 11.8 Å². The van der Waals surface area contributed by atoms with Crippen LogP contribution < -0.4 is 11.1 Å². The molecule has 2 amide bonds. The SMILES string of the molecule is C=CC(=O)NC(C)C(C)C(=C)C(N)=O. The lowest BCUT2D eigenvalue weighted by Gasteiger charge is -2.20. The van der Waals surface area contributed by atoms with Crippen LogP contribution in [0.1, 0.15) is 13.8 Å². The number of nitrogens with two attached hydrogens (primary N) is 1. The van der Waals surface area contributed by atoms with E-state index in [0.29, 0.717) is 5.57 Å². The van der Waals surface area contributed by atoms with E-state index in [2.05, 4.69) is 18.5 Å². The van der Waals surface area contributed by atoms with Gasteiger partial charge in [0.1, 0.15) is 0 Å². The third-order valence-electron chi connectivity index (χ3n) is 2.17. The molecule has 0 aromatic carbocycles. The molecule has 0 saturated heterocycles. The normalized spacial score (nSPS) is 13.9. The van der Waals surface area contributed by atoms with Gasteiger partial charge in [-0.2, -0.15) is 0 Å². The fraction of sp³-hybridized carbons (Fsp3) is 0.400. The molecule has 4 nitrogen and oxygen atoms in total. The van der Waals surface area contributed by atoms with Crippen molar-refractivity contribution in [1.82, 2.24) is 5.32 Å². The molecule has 0 aliphatic carbocycles. The van der Waals surface area contributed by atoms with Crippen LogP contribution in [-0.2, 0) is 9.59 Å². The topological polar surface area (TPSA) is 72.2 Å². The van der Waals surface area contributed by atoms with Crippen molar-refractivity contribution in [2.75, 3.05) is 0 Å². The molecule has 0 fully saturated rings. The number of hydrogen-bond acceptors (Lipinski definition) is 2. The third-order valence-corrected chi connectivity index (χ3v) is 2.17. The maximum atomic E-state index is 10.9. The molecule has 2 atom stereocenters. The van der Waals surface area contributed by atoms with E-state index in [1.807, 2.05) is 0 Å². The molecule has 0 aliphatic heterocycles. The van der Waals surface area contributed by atoms with Crippen LogP contribution in [0.15, 0.2) is 24.8 Å². The first kappa shape index (κ1) is 12.4. The van der Waals surface area contributed by atoms with Crippen LogP contribution in [-0.4, -0.2) is 17.9 Å². The summed E-state index contributed by atoms with van der Waals surface area (Å²) < 4.78 is 0. The van der Waals surface area contributed by atoms with Crippen LogP contribution in [0.25, 0.3) is 0 Å². The molecule has 0 radical (unpaired) electrons. The summed E-state index contributed by atoms with van der Waals surface area (Å²) in [6.07, 6.45) is 1.18. The Morgan fingerprint density at radius 2 is 1.93 bits per heavy atom. The van der Waals surface area contributed by atoms with E-state index < -0.39 is 5.91 Å². The molecule has 14 heavy (non-hydrogen) atoms. The average molecular weight is 196 g/mol. The summed E-state index contributed by atoms with van der Waals surface area (Å²) in [5.41, 5.74) is 5.37. The number of carbonyl (C=O) groups excluding carboxylic acids is 2. The van der Waals surface area contributed by atoms with Crippen LogP contribution in [0.3, 0.4) is 0 Å². The van der Waals surface area contributed by atoms with Gasteiger partial charge in [-0.3, -0.25) is 9.59 Å². The minimum Gasteiger partial charge on any atom is -0.366 e. The zero-order chi connectivity index (χ0) is 11.3. The van der Waals surface area contributed by atoms with E-state index >= 15 is 0 Å². The number of nitrogens with one attached hydrogen (secondary N) is 1. The molecular formula is C10H16N2O2.